The number of nitrogens with one attached hydrogen (secondary N) is 1. The Morgan fingerprint density at radius 3 is 2.57 bits per heavy atom. The first-order valence-corrected chi connectivity index (χ1v) is 10.3. The lowest BCUT2D eigenvalue weighted by molar-refractivity contribution is 0.0921. The summed E-state index contributed by atoms with van der Waals surface area (Å²) < 4.78 is 10.6. The topological polar surface area (TPSA) is 71.8 Å². The lowest BCUT2D eigenvalue weighted by atomic mass is 10.0. The van der Waals surface area contributed by atoms with Gasteiger partial charge in [0, 0.05) is 11.9 Å². The predicted octanol–water partition coefficient (Wildman–Crippen LogP) is 3.76. The number of carbonyl (C=O) groups is 1. The van der Waals surface area contributed by atoms with Crippen molar-refractivity contribution in [3.05, 3.63) is 76.1 Å². The normalized spacial score (nSPS) is 15.6. The zero-order valence-corrected chi connectivity index (χ0v) is 17.1. The first-order valence-electron chi connectivity index (χ1n) is 10.3. The molecule has 0 bridgehead atoms. The van der Waals surface area contributed by atoms with Crippen LogP contribution in [0.15, 0.2) is 63.8 Å². The molecule has 1 aromatic heterocycles. The second-order valence-corrected chi connectivity index (χ2v) is 7.58. The molecule has 1 atom stereocenters. The lowest BCUT2D eigenvalue weighted by Gasteiger charge is -2.35. The Bertz CT molecular complexity index is 1070. The number of carbonyl (C=O) groups excluding carboxylic acids is 1. The van der Waals surface area contributed by atoms with E-state index >= 15 is 0 Å². The minimum absolute atomic E-state index is 0.0285. The van der Waals surface area contributed by atoms with Crippen molar-refractivity contribution >= 4 is 16.9 Å². The molecule has 156 valence electrons. The van der Waals surface area contributed by atoms with E-state index in [1.165, 1.54) is 6.42 Å². The highest BCUT2D eigenvalue weighted by Crippen LogP contribution is 2.26. The molecule has 1 aliphatic heterocycles. The average Bonchev–Trinajstić information content (AvgIpc) is 2.79. The van der Waals surface area contributed by atoms with E-state index in [1.54, 1.807) is 25.3 Å². The summed E-state index contributed by atoms with van der Waals surface area (Å²) in [6.45, 7) is 2.40. The zero-order valence-electron chi connectivity index (χ0n) is 17.1. The second kappa shape index (κ2) is 9.13. The molecular formula is C24H26N2O4. The highest BCUT2D eigenvalue weighted by molar-refractivity contribution is 5.96. The van der Waals surface area contributed by atoms with Crippen LogP contribution in [0.5, 0.6) is 5.75 Å². The van der Waals surface area contributed by atoms with Crippen LogP contribution in [0, 0.1) is 0 Å². The van der Waals surface area contributed by atoms with E-state index in [1.807, 2.05) is 36.4 Å². The first kappa shape index (κ1) is 20.2. The Labute approximate surface area is 175 Å². The number of likely N-dealkylation sites (tertiary alicyclic amines) is 1. The van der Waals surface area contributed by atoms with Gasteiger partial charge in [0.1, 0.15) is 16.9 Å². The molecule has 6 heteroatoms. The van der Waals surface area contributed by atoms with Crippen LogP contribution in [0.4, 0.5) is 0 Å². The summed E-state index contributed by atoms with van der Waals surface area (Å²) >= 11 is 0. The van der Waals surface area contributed by atoms with Crippen molar-refractivity contribution in [3.63, 3.8) is 0 Å². The Morgan fingerprint density at radius 2 is 1.83 bits per heavy atom. The maximum Gasteiger partial charge on any atom is 0.349 e. The average molecular weight is 406 g/mol. The molecule has 0 saturated carbocycles. The van der Waals surface area contributed by atoms with E-state index in [0.717, 1.165) is 42.6 Å². The van der Waals surface area contributed by atoms with Gasteiger partial charge in [-0.25, -0.2) is 4.79 Å². The largest absolute Gasteiger partial charge is 0.497 e. The van der Waals surface area contributed by atoms with Crippen molar-refractivity contribution in [1.82, 2.24) is 10.2 Å². The van der Waals surface area contributed by atoms with E-state index in [9.17, 15) is 9.59 Å². The molecule has 30 heavy (non-hydrogen) atoms. The number of amides is 1. The maximum absolute atomic E-state index is 12.8. The van der Waals surface area contributed by atoms with Crippen LogP contribution in [-0.4, -0.2) is 37.6 Å². The van der Waals surface area contributed by atoms with Crippen LogP contribution in [0.3, 0.4) is 0 Å². The van der Waals surface area contributed by atoms with Crippen LogP contribution in [0.25, 0.3) is 11.0 Å². The third-order valence-electron chi connectivity index (χ3n) is 5.67. The van der Waals surface area contributed by atoms with Crippen LogP contribution < -0.4 is 15.7 Å². The van der Waals surface area contributed by atoms with Gasteiger partial charge in [-0.2, -0.15) is 0 Å². The molecule has 1 fully saturated rings. The fourth-order valence-corrected chi connectivity index (χ4v) is 4.02. The van der Waals surface area contributed by atoms with Gasteiger partial charge in [0.05, 0.1) is 13.2 Å². The molecule has 2 aromatic carbocycles. The summed E-state index contributed by atoms with van der Waals surface area (Å²) in [5, 5.41) is 3.68. The standard InChI is InChI=1S/C24H26N2O4/c1-29-19-11-9-17(10-12-19)21(26-13-5-2-6-14-26)16-25-23(27)20-15-18-7-3-4-8-22(18)30-24(20)28/h3-4,7-12,15,21H,2,5-6,13-14,16H2,1H3,(H,25,27). The molecule has 4 rings (SSSR count). The summed E-state index contributed by atoms with van der Waals surface area (Å²) in [5.41, 5.74) is 0.998. The number of hydrogen-bond donors (Lipinski definition) is 1. The van der Waals surface area contributed by atoms with Gasteiger partial charge in [-0.1, -0.05) is 36.8 Å². The zero-order chi connectivity index (χ0) is 20.9. The fourth-order valence-electron chi connectivity index (χ4n) is 4.02. The van der Waals surface area contributed by atoms with Gasteiger partial charge >= 0.3 is 5.63 Å². The smallest absolute Gasteiger partial charge is 0.349 e. The van der Waals surface area contributed by atoms with Crippen molar-refractivity contribution < 1.29 is 13.9 Å². The first-order chi connectivity index (χ1) is 14.7. The number of benzene rings is 2. The summed E-state index contributed by atoms with van der Waals surface area (Å²) in [4.78, 5) is 27.5. The Morgan fingerprint density at radius 1 is 1.10 bits per heavy atom. The van der Waals surface area contributed by atoms with Gasteiger partial charge in [0.25, 0.3) is 5.91 Å². The van der Waals surface area contributed by atoms with E-state index in [4.69, 9.17) is 9.15 Å². The van der Waals surface area contributed by atoms with Crippen molar-refractivity contribution in [2.24, 2.45) is 0 Å². The molecular weight excluding hydrogens is 380 g/mol. The molecule has 0 radical (unpaired) electrons. The number of piperidine rings is 1. The van der Waals surface area contributed by atoms with Gasteiger partial charge in [0.2, 0.25) is 0 Å². The molecule has 1 N–H and O–H groups in total. The van der Waals surface area contributed by atoms with E-state index < -0.39 is 11.5 Å². The SMILES string of the molecule is COc1ccc(C(CNC(=O)c2cc3ccccc3oc2=O)N2CCCCC2)cc1. The number of rotatable bonds is 6. The number of fused-ring (bicyclic) bond motifs is 1. The fraction of sp³-hybridized carbons (Fsp3) is 0.333. The van der Waals surface area contributed by atoms with Gasteiger partial charge in [-0.05, 0) is 55.8 Å². The second-order valence-electron chi connectivity index (χ2n) is 7.58. The number of nitrogens with zero attached hydrogens (tertiary/aromatic N) is 1. The van der Waals surface area contributed by atoms with Gasteiger partial charge < -0.3 is 14.5 Å². The summed E-state index contributed by atoms with van der Waals surface area (Å²) in [6.07, 6.45) is 3.53. The lowest BCUT2D eigenvalue weighted by Crippen LogP contribution is -2.41. The summed E-state index contributed by atoms with van der Waals surface area (Å²) in [6, 6.07) is 16.8. The van der Waals surface area contributed by atoms with Crippen LogP contribution in [-0.2, 0) is 0 Å². The van der Waals surface area contributed by atoms with E-state index in [0.29, 0.717) is 12.1 Å². The molecule has 0 spiro atoms. The van der Waals surface area contributed by atoms with Crippen molar-refractivity contribution in [3.8, 4) is 5.75 Å². The Kier molecular flexibility index (Phi) is 6.14. The molecule has 1 unspecified atom stereocenters. The minimum atomic E-state index is -0.620. The number of para-hydroxylation sites is 1. The highest BCUT2D eigenvalue weighted by Gasteiger charge is 2.24. The molecule has 3 aromatic rings. The summed E-state index contributed by atoms with van der Waals surface area (Å²) in [7, 11) is 1.65. The van der Waals surface area contributed by atoms with E-state index in [-0.39, 0.29) is 11.6 Å². The van der Waals surface area contributed by atoms with Crippen LogP contribution >= 0.6 is 0 Å². The van der Waals surface area contributed by atoms with Crippen molar-refractivity contribution in [2.75, 3.05) is 26.7 Å². The van der Waals surface area contributed by atoms with Gasteiger partial charge in [0.15, 0.2) is 0 Å². The van der Waals surface area contributed by atoms with Crippen molar-refractivity contribution in [2.45, 2.75) is 25.3 Å². The van der Waals surface area contributed by atoms with Crippen molar-refractivity contribution in [1.29, 1.82) is 0 Å². The Balaban J connectivity index is 1.54. The van der Waals surface area contributed by atoms with Crippen LogP contribution in [0.1, 0.15) is 41.2 Å². The summed E-state index contributed by atoms with van der Waals surface area (Å²) in [5.74, 6) is 0.388. The molecule has 6 nitrogen and oxygen atoms in total. The minimum Gasteiger partial charge on any atom is -0.497 e. The van der Waals surface area contributed by atoms with Gasteiger partial charge in [-0.3, -0.25) is 9.69 Å². The number of methoxy groups -OCH3 is 1. The molecule has 1 amide bonds. The molecule has 2 heterocycles. The van der Waals surface area contributed by atoms with E-state index in [2.05, 4.69) is 10.2 Å². The quantitative estimate of drug-likeness (QED) is 0.631. The Hall–Kier alpha value is -3.12. The van der Waals surface area contributed by atoms with Gasteiger partial charge in [-0.15, -0.1) is 0 Å². The van der Waals surface area contributed by atoms with Crippen LogP contribution in [0.2, 0.25) is 0 Å². The molecule has 1 saturated heterocycles. The monoisotopic (exact) mass is 406 g/mol. The molecule has 1 aliphatic rings. The highest BCUT2D eigenvalue weighted by atomic mass is 16.5. The third kappa shape index (κ3) is 4.39. The number of hydrogen-bond acceptors (Lipinski definition) is 5. The molecule has 0 aliphatic carbocycles. The third-order valence-corrected chi connectivity index (χ3v) is 5.67. The maximum atomic E-state index is 12.8. The number of ether oxygens (including phenoxy) is 1. The predicted molar refractivity (Wildman–Crippen MR) is 116 cm³/mol.